The minimum absolute atomic E-state index is 0.00707. The molecule has 7 heteroatoms. The first-order valence-electron chi connectivity index (χ1n) is 11.0. The van der Waals surface area contributed by atoms with Crippen LogP contribution in [0.1, 0.15) is 61.6 Å². The number of carbonyl (C=O) groups excluding carboxylic acids is 2. The van der Waals surface area contributed by atoms with Crippen molar-refractivity contribution in [3.05, 3.63) is 59.9 Å². The lowest BCUT2D eigenvalue weighted by molar-refractivity contribution is -0.128. The first-order valence-corrected chi connectivity index (χ1v) is 11.0. The van der Waals surface area contributed by atoms with E-state index < -0.39 is 5.54 Å². The van der Waals surface area contributed by atoms with Crippen LogP contribution in [0.3, 0.4) is 0 Å². The van der Waals surface area contributed by atoms with E-state index in [0.717, 1.165) is 25.7 Å². The summed E-state index contributed by atoms with van der Waals surface area (Å²) in [5.41, 5.74) is 1.96. The molecule has 32 heavy (non-hydrogen) atoms. The largest absolute Gasteiger partial charge is 0.394 e. The van der Waals surface area contributed by atoms with Crippen LogP contribution in [-0.2, 0) is 4.79 Å². The molecule has 0 bridgehead atoms. The van der Waals surface area contributed by atoms with E-state index >= 15 is 0 Å². The maximum atomic E-state index is 12.6. The van der Waals surface area contributed by atoms with Crippen molar-refractivity contribution in [2.75, 3.05) is 11.9 Å². The van der Waals surface area contributed by atoms with Gasteiger partial charge in [-0.1, -0.05) is 29.4 Å². The molecular weight excluding hydrogens is 406 g/mol. The number of fused-ring (bicyclic) bond motifs is 1. The van der Waals surface area contributed by atoms with Gasteiger partial charge >= 0.3 is 0 Å². The summed E-state index contributed by atoms with van der Waals surface area (Å²) in [5, 5.41) is 19.8. The van der Waals surface area contributed by atoms with Gasteiger partial charge in [0, 0.05) is 11.6 Å². The second kappa shape index (κ2) is 9.12. The summed E-state index contributed by atoms with van der Waals surface area (Å²) in [6, 6.07) is 15.2. The van der Waals surface area contributed by atoms with Crippen LogP contribution in [0.2, 0.25) is 0 Å². The van der Waals surface area contributed by atoms with Gasteiger partial charge in [0.2, 0.25) is 11.7 Å². The van der Waals surface area contributed by atoms with E-state index in [2.05, 4.69) is 15.8 Å². The quantitative estimate of drug-likeness (QED) is 0.537. The molecular formula is C25H29N3O4. The van der Waals surface area contributed by atoms with E-state index in [4.69, 9.17) is 4.52 Å². The minimum atomic E-state index is -0.591. The molecule has 0 radical (unpaired) electrons. The van der Waals surface area contributed by atoms with Gasteiger partial charge in [-0.2, -0.15) is 0 Å². The van der Waals surface area contributed by atoms with Crippen molar-refractivity contribution in [1.82, 2.24) is 10.5 Å². The van der Waals surface area contributed by atoms with Gasteiger partial charge in [0.05, 0.1) is 17.5 Å². The molecule has 1 heterocycles. The monoisotopic (exact) mass is 435 g/mol. The molecule has 2 amide bonds. The number of hydrogen-bond acceptors (Lipinski definition) is 5. The molecule has 2 aromatic carbocycles. The third kappa shape index (κ3) is 4.83. The molecule has 1 aliphatic carbocycles. The van der Waals surface area contributed by atoms with Crippen molar-refractivity contribution < 1.29 is 19.2 Å². The second-order valence-corrected chi connectivity index (χ2v) is 9.18. The number of nitrogens with one attached hydrogen (secondary N) is 2. The van der Waals surface area contributed by atoms with E-state index in [9.17, 15) is 14.7 Å². The van der Waals surface area contributed by atoms with Gasteiger partial charge in [-0.25, -0.2) is 0 Å². The van der Waals surface area contributed by atoms with Crippen molar-refractivity contribution in [2.45, 2.75) is 51.0 Å². The molecule has 0 aliphatic heterocycles. The Labute approximate surface area is 187 Å². The van der Waals surface area contributed by atoms with Crippen LogP contribution in [-0.4, -0.2) is 34.2 Å². The molecule has 1 saturated carbocycles. The highest BCUT2D eigenvalue weighted by molar-refractivity contribution is 6.10. The molecule has 7 nitrogen and oxygen atoms in total. The Morgan fingerprint density at radius 2 is 1.75 bits per heavy atom. The zero-order valence-electron chi connectivity index (χ0n) is 18.4. The zero-order chi connectivity index (χ0) is 22.7. The third-order valence-corrected chi connectivity index (χ3v) is 6.18. The Kier molecular flexibility index (Phi) is 6.28. The molecule has 3 aromatic rings. The van der Waals surface area contributed by atoms with E-state index in [-0.39, 0.29) is 30.1 Å². The summed E-state index contributed by atoms with van der Waals surface area (Å²) in [6.07, 6.45) is 3.53. The predicted octanol–water partition coefficient (Wildman–Crippen LogP) is 4.24. The second-order valence-electron chi connectivity index (χ2n) is 9.18. The average Bonchev–Trinajstić information content (AvgIpc) is 3.24. The number of amides is 2. The molecule has 1 aliphatic rings. The number of benzene rings is 2. The Morgan fingerprint density at radius 1 is 1.06 bits per heavy atom. The molecule has 168 valence electrons. The maximum Gasteiger partial charge on any atom is 0.294 e. The van der Waals surface area contributed by atoms with E-state index in [1.54, 1.807) is 6.07 Å². The van der Waals surface area contributed by atoms with E-state index in [1.165, 1.54) is 5.56 Å². The average molecular weight is 436 g/mol. The Hall–Kier alpha value is -3.19. The van der Waals surface area contributed by atoms with Crippen LogP contribution >= 0.6 is 0 Å². The number of carbonyl (C=O) groups is 2. The smallest absolute Gasteiger partial charge is 0.294 e. The topological polar surface area (TPSA) is 104 Å². The molecule has 0 saturated heterocycles. The summed E-state index contributed by atoms with van der Waals surface area (Å²) in [6.45, 7) is 3.56. The summed E-state index contributed by atoms with van der Waals surface area (Å²) in [4.78, 5) is 25.1. The number of aliphatic hydroxyl groups is 1. The lowest BCUT2D eigenvalue weighted by Gasteiger charge is -2.31. The van der Waals surface area contributed by atoms with Gasteiger partial charge in [0.1, 0.15) is 5.52 Å². The Morgan fingerprint density at radius 3 is 2.44 bits per heavy atom. The lowest BCUT2D eigenvalue weighted by Crippen LogP contribution is -2.49. The van der Waals surface area contributed by atoms with Crippen LogP contribution in [0.4, 0.5) is 5.69 Å². The first kappa shape index (κ1) is 22.0. The highest BCUT2D eigenvalue weighted by Crippen LogP contribution is 2.36. The Balaban J connectivity index is 1.33. The van der Waals surface area contributed by atoms with Crippen molar-refractivity contribution in [2.24, 2.45) is 5.92 Å². The zero-order valence-corrected chi connectivity index (χ0v) is 18.4. The van der Waals surface area contributed by atoms with Crippen LogP contribution in [0.15, 0.2) is 53.1 Å². The fourth-order valence-electron chi connectivity index (χ4n) is 4.24. The van der Waals surface area contributed by atoms with Gasteiger partial charge in [0.25, 0.3) is 5.91 Å². The van der Waals surface area contributed by atoms with Crippen molar-refractivity contribution in [1.29, 1.82) is 0 Å². The van der Waals surface area contributed by atoms with Gasteiger partial charge in [-0.3, -0.25) is 9.59 Å². The number of rotatable bonds is 6. The summed E-state index contributed by atoms with van der Waals surface area (Å²) in [7, 11) is 0. The van der Waals surface area contributed by atoms with Crippen LogP contribution in [0.5, 0.6) is 0 Å². The highest BCUT2D eigenvalue weighted by atomic mass is 16.5. The number of hydrogen-bond donors (Lipinski definition) is 3. The summed E-state index contributed by atoms with van der Waals surface area (Å²) < 4.78 is 5.23. The van der Waals surface area contributed by atoms with Crippen LogP contribution < -0.4 is 10.6 Å². The molecule has 4 rings (SSSR count). The third-order valence-electron chi connectivity index (χ3n) is 6.18. The fraction of sp³-hybridized carbons (Fsp3) is 0.400. The van der Waals surface area contributed by atoms with Crippen molar-refractivity contribution in [3.8, 4) is 0 Å². The molecule has 1 aromatic heterocycles. The highest BCUT2D eigenvalue weighted by Gasteiger charge is 2.30. The molecule has 0 spiro atoms. The minimum Gasteiger partial charge on any atom is -0.394 e. The fourth-order valence-corrected chi connectivity index (χ4v) is 4.24. The maximum absolute atomic E-state index is 12.6. The number of anilines is 1. The number of aromatic nitrogens is 1. The van der Waals surface area contributed by atoms with Crippen LogP contribution in [0, 0.1) is 5.92 Å². The number of nitrogens with zero attached hydrogens (tertiary/aromatic N) is 1. The standard InChI is InChI=1S/C25H29N3O4/c1-25(2,15-29)27-23(30)18-9-7-16(8-10-18)17-11-13-19(14-12-17)26-24(31)22-20-5-3-4-6-21(20)28-32-22/h3-6,11-14,16,18,29H,7-10,15H2,1-2H3,(H,26,31)(H,27,30). The molecule has 1 fully saturated rings. The normalized spacial score (nSPS) is 19.0. The van der Waals surface area contributed by atoms with Gasteiger partial charge in [-0.15, -0.1) is 0 Å². The van der Waals surface area contributed by atoms with Gasteiger partial charge in [0.15, 0.2) is 0 Å². The van der Waals surface area contributed by atoms with E-state index in [1.807, 2.05) is 56.3 Å². The van der Waals surface area contributed by atoms with Crippen molar-refractivity contribution >= 4 is 28.4 Å². The Bertz CT molecular complexity index is 1100. The SMILES string of the molecule is CC(C)(CO)NC(=O)C1CCC(c2ccc(NC(=O)c3onc4ccccc34)cc2)CC1. The molecule has 0 atom stereocenters. The summed E-state index contributed by atoms with van der Waals surface area (Å²) in [5.74, 6) is 0.287. The lowest BCUT2D eigenvalue weighted by atomic mass is 9.78. The molecule has 0 unspecified atom stereocenters. The van der Waals surface area contributed by atoms with E-state index in [0.29, 0.717) is 22.5 Å². The van der Waals surface area contributed by atoms with Crippen molar-refractivity contribution in [3.63, 3.8) is 0 Å². The molecule has 3 N–H and O–H groups in total. The van der Waals surface area contributed by atoms with Crippen LogP contribution in [0.25, 0.3) is 10.9 Å². The first-order chi connectivity index (χ1) is 15.4. The van der Waals surface area contributed by atoms with Gasteiger partial charge < -0.3 is 20.3 Å². The van der Waals surface area contributed by atoms with Gasteiger partial charge in [-0.05, 0) is 75.3 Å². The predicted molar refractivity (Wildman–Crippen MR) is 122 cm³/mol. The summed E-state index contributed by atoms with van der Waals surface area (Å²) >= 11 is 0. The number of aliphatic hydroxyl groups excluding tert-OH is 1.